The van der Waals surface area contributed by atoms with Gasteiger partial charge in [0.05, 0.1) is 16.7 Å². The topological polar surface area (TPSA) is 43.9 Å². The van der Waals surface area contributed by atoms with E-state index in [-0.39, 0.29) is 0 Å². The number of rotatable bonds is 2. The summed E-state index contributed by atoms with van der Waals surface area (Å²) >= 11 is 0. The van der Waals surface area contributed by atoms with Crippen molar-refractivity contribution in [1.29, 1.82) is 0 Å². The Hall–Kier alpha value is -7.56. The largest absolute Gasteiger partial charge is 0.454 e. The van der Waals surface area contributed by atoms with Crippen molar-refractivity contribution in [1.82, 2.24) is 14.5 Å². The summed E-state index contributed by atoms with van der Waals surface area (Å²) in [4.78, 5) is 10.9. The van der Waals surface area contributed by atoms with E-state index >= 15 is 0 Å². The lowest BCUT2D eigenvalue weighted by atomic mass is 9.89. The summed E-state index contributed by atoms with van der Waals surface area (Å²) < 4.78 is 9.30. The lowest BCUT2D eigenvalue weighted by molar-refractivity contribution is 0.671. The van der Waals surface area contributed by atoms with E-state index < -0.39 is 0 Å². The van der Waals surface area contributed by atoms with E-state index in [1.165, 1.54) is 53.9 Å². The fraction of sp³-hybridized carbons (Fsp3) is 0. The molecule has 0 atom stereocenters. The zero-order valence-electron chi connectivity index (χ0n) is 30.0. The summed E-state index contributed by atoms with van der Waals surface area (Å²) in [5.41, 5.74) is 6.51. The van der Waals surface area contributed by atoms with E-state index in [1.54, 1.807) is 0 Å². The zero-order valence-corrected chi connectivity index (χ0v) is 30.0. The second-order valence-electron chi connectivity index (χ2n) is 14.8. The first-order valence-corrected chi connectivity index (χ1v) is 19.1. The van der Waals surface area contributed by atoms with Crippen LogP contribution in [0, 0.1) is 0 Å². The summed E-state index contributed by atoms with van der Waals surface area (Å²) in [6, 6.07) is 62.8. The molecule has 0 fully saturated rings. The Kier molecular flexibility index (Phi) is 5.86. The van der Waals surface area contributed by atoms with Crippen molar-refractivity contribution in [3.63, 3.8) is 0 Å². The standard InChI is InChI=1S/C52H29N3O/c1-2-14-33-30(13-1)25-26-31-27-28-32(29-41(31)33)49-38-19-7-10-22-42(38)53-52(54-49)55-43-23-11-8-20-39(43)47-45-36-17-5-3-15-34(36)35-16-4-6-18-37(35)46(45)48-40-21-9-12-24-44(40)56-51(48)50(47)55/h1-29H. The van der Waals surface area contributed by atoms with Crippen LogP contribution in [0.25, 0.3) is 126 Å². The Morgan fingerprint density at radius 1 is 0.393 bits per heavy atom. The lowest BCUT2D eigenvalue weighted by Gasteiger charge is -2.15. The Morgan fingerprint density at radius 2 is 0.964 bits per heavy atom. The molecule has 4 nitrogen and oxygen atoms in total. The molecule has 0 saturated carbocycles. The highest BCUT2D eigenvalue weighted by Gasteiger charge is 2.27. The molecule has 258 valence electrons. The predicted octanol–water partition coefficient (Wildman–Crippen LogP) is 14.1. The van der Waals surface area contributed by atoms with Gasteiger partial charge in [0, 0.05) is 43.3 Å². The molecular formula is C52H29N3O. The lowest BCUT2D eigenvalue weighted by Crippen LogP contribution is -2.03. The van der Waals surface area contributed by atoms with Crippen molar-refractivity contribution < 1.29 is 4.42 Å². The normalized spacial score (nSPS) is 12.3. The van der Waals surface area contributed by atoms with Crippen molar-refractivity contribution in [2.75, 3.05) is 0 Å². The summed E-state index contributed by atoms with van der Waals surface area (Å²) in [7, 11) is 0. The van der Waals surface area contributed by atoms with Crippen LogP contribution in [-0.2, 0) is 0 Å². The molecule has 0 saturated heterocycles. The molecule has 10 aromatic carbocycles. The third kappa shape index (κ3) is 3.92. The van der Waals surface area contributed by atoms with Gasteiger partial charge in [0.25, 0.3) is 0 Å². The van der Waals surface area contributed by atoms with Crippen LogP contribution in [0.4, 0.5) is 0 Å². The first-order chi connectivity index (χ1) is 27.8. The second-order valence-corrected chi connectivity index (χ2v) is 14.8. The first kappa shape index (κ1) is 29.8. The van der Waals surface area contributed by atoms with E-state index in [4.69, 9.17) is 14.4 Å². The van der Waals surface area contributed by atoms with Crippen LogP contribution in [-0.4, -0.2) is 14.5 Å². The predicted molar refractivity (Wildman–Crippen MR) is 234 cm³/mol. The van der Waals surface area contributed by atoms with E-state index in [2.05, 4.69) is 180 Å². The maximum absolute atomic E-state index is 7.04. The van der Waals surface area contributed by atoms with Gasteiger partial charge in [0.2, 0.25) is 5.95 Å². The molecule has 0 N–H and O–H groups in total. The summed E-state index contributed by atoms with van der Waals surface area (Å²) in [6.45, 7) is 0. The molecular weight excluding hydrogens is 683 g/mol. The van der Waals surface area contributed by atoms with Crippen molar-refractivity contribution >= 4 is 109 Å². The maximum atomic E-state index is 7.04. The highest BCUT2D eigenvalue weighted by Crippen LogP contribution is 2.50. The van der Waals surface area contributed by atoms with Crippen molar-refractivity contribution in [3.8, 4) is 17.2 Å². The third-order valence-corrected chi connectivity index (χ3v) is 11.9. The molecule has 13 aromatic rings. The SMILES string of the molecule is c1ccc2c(c1)ccc1ccc(-c3nc(-n4c5ccccc5c5c6c7ccccc7c7ccccc7c6c6c7ccccc7oc6c54)nc4ccccc34)cc12. The number of hydrogen-bond donors (Lipinski definition) is 0. The number of fused-ring (bicyclic) bond motifs is 19. The van der Waals surface area contributed by atoms with Gasteiger partial charge in [-0.05, 0) is 67.4 Å². The van der Waals surface area contributed by atoms with Crippen LogP contribution in [0.2, 0.25) is 0 Å². The van der Waals surface area contributed by atoms with Crippen LogP contribution in [0.1, 0.15) is 0 Å². The fourth-order valence-corrected chi connectivity index (χ4v) is 9.57. The minimum Gasteiger partial charge on any atom is -0.454 e. The van der Waals surface area contributed by atoms with Gasteiger partial charge in [-0.15, -0.1) is 0 Å². The molecule has 56 heavy (non-hydrogen) atoms. The van der Waals surface area contributed by atoms with Crippen LogP contribution in [0.15, 0.2) is 180 Å². The highest BCUT2D eigenvalue weighted by atomic mass is 16.3. The monoisotopic (exact) mass is 711 g/mol. The minimum atomic E-state index is 0.606. The van der Waals surface area contributed by atoms with E-state index in [1.807, 2.05) is 0 Å². The smallest absolute Gasteiger partial charge is 0.235 e. The number of benzene rings is 10. The molecule has 0 spiro atoms. The average molecular weight is 712 g/mol. The van der Waals surface area contributed by atoms with Crippen LogP contribution in [0.3, 0.4) is 0 Å². The molecule has 13 rings (SSSR count). The van der Waals surface area contributed by atoms with Crippen molar-refractivity contribution in [2.45, 2.75) is 0 Å². The van der Waals surface area contributed by atoms with Gasteiger partial charge in [-0.1, -0.05) is 152 Å². The summed E-state index contributed by atoms with van der Waals surface area (Å²) in [6.07, 6.45) is 0. The maximum Gasteiger partial charge on any atom is 0.235 e. The van der Waals surface area contributed by atoms with Crippen molar-refractivity contribution in [2.24, 2.45) is 0 Å². The molecule has 3 aromatic heterocycles. The number of furan rings is 1. The molecule has 0 bridgehead atoms. The average Bonchev–Trinajstić information content (AvgIpc) is 3.82. The highest BCUT2D eigenvalue weighted by molar-refractivity contribution is 6.44. The van der Waals surface area contributed by atoms with E-state index in [0.717, 1.165) is 65.9 Å². The molecule has 0 amide bonds. The van der Waals surface area contributed by atoms with Crippen LogP contribution >= 0.6 is 0 Å². The molecule has 4 heteroatoms. The first-order valence-electron chi connectivity index (χ1n) is 19.1. The summed E-state index contributed by atoms with van der Waals surface area (Å²) in [5.74, 6) is 0.606. The molecule has 0 unspecified atom stereocenters. The Balaban J connectivity index is 1.24. The van der Waals surface area contributed by atoms with Crippen molar-refractivity contribution in [3.05, 3.63) is 176 Å². The van der Waals surface area contributed by atoms with Gasteiger partial charge >= 0.3 is 0 Å². The fourth-order valence-electron chi connectivity index (χ4n) is 9.57. The second kappa shape index (κ2) is 11.0. The number of hydrogen-bond acceptors (Lipinski definition) is 3. The van der Waals surface area contributed by atoms with Crippen LogP contribution in [0.5, 0.6) is 0 Å². The number of nitrogens with zero attached hydrogens (tertiary/aromatic N) is 3. The Morgan fingerprint density at radius 3 is 1.75 bits per heavy atom. The van der Waals surface area contributed by atoms with Crippen LogP contribution < -0.4 is 0 Å². The zero-order chi connectivity index (χ0) is 36.5. The quantitative estimate of drug-likeness (QED) is 0.168. The molecule has 0 aliphatic carbocycles. The summed E-state index contributed by atoms with van der Waals surface area (Å²) in [5, 5.41) is 17.6. The van der Waals surface area contributed by atoms with Gasteiger partial charge in [0.1, 0.15) is 11.1 Å². The molecule has 0 aliphatic heterocycles. The van der Waals surface area contributed by atoms with Gasteiger partial charge in [-0.2, -0.15) is 0 Å². The van der Waals surface area contributed by atoms with Gasteiger partial charge in [-0.25, -0.2) is 9.97 Å². The Labute approximate surface area is 319 Å². The molecule has 3 heterocycles. The van der Waals surface area contributed by atoms with Gasteiger partial charge in [0.15, 0.2) is 5.58 Å². The third-order valence-electron chi connectivity index (χ3n) is 11.9. The number of aromatic nitrogens is 3. The van der Waals surface area contributed by atoms with E-state index in [0.29, 0.717) is 5.95 Å². The van der Waals surface area contributed by atoms with Gasteiger partial charge < -0.3 is 4.42 Å². The minimum absolute atomic E-state index is 0.606. The Bertz CT molecular complexity index is 3830. The number of para-hydroxylation sites is 3. The van der Waals surface area contributed by atoms with E-state index in [9.17, 15) is 0 Å². The molecule has 0 aliphatic rings. The molecule has 0 radical (unpaired) electrons. The van der Waals surface area contributed by atoms with Gasteiger partial charge in [-0.3, -0.25) is 4.57 Å².